The number of halogens is 1. The summed E-state index contributed by atoms with van der Waals surface area (Å²) in [5.41, 5.74) is 13.1. The zero-order valence-corrected chi connectivity index (χ0v) is 11.9. The smallest absolute Gasteiger partial charge is 0.241 e. The van der Waals surface area contributed by atoms with Crippen molar-refractivity contribution in [1.29, 1.82) is 0 Å². The number of carbonyl (C=O) groups excluding carboxylic acids is 1. The van der Waals surface area contributed by atoms with Gasteiger partial charge in [0.25, 0.3) is 0 Å². The summed E-state index contributed by atoms with van der Waals surface area (Å²) in [6, 6.07) is 6.25. The Morgan fingerprint density at radius 3 is 2.76 bits per heavy atom. The third-order valence-electron chi connectivity index (χ3n) is 4.24. The van der Waals surface area contributed by atoms with E-state index in [0.717, 1.165) is 24.9 Å². The minimum Gasteiger partial charge on any atom is -0.340 e. The molecule has 2 heterocycles. The summed E-state index contributed by atoms with van der Waals surface area (Å²) < 4.78 is 12.9. The highest BCUT2D eigenvalue weighted by atomic mass is 19.1. The summed E-state index contributed by atoms with van der Waals surface area (Å²) in [6.07, 6.45) is 2.61. The van der Waals surface area contributed by atoms with E-state index in [2.05, 4.69) is 10.9 Å². The van der Waals surface area contributed by atoms with Gasteiger partial charge < -0.3 is 10.6 Å². The van der Waals surface area contributed by atoms with Gasteiger partial charge in [-0.25, -0.2) is 15.2 Å². The van der Waals surface area contributed by atoms with Crippen LogP contribution in [0.5, 0.6) is 0 Å². The Labute approximate surface area is 123 Å². The zero-order valence-electron chi connectivity index (χ0n) is 11.9. The molecule has 3 rings (SSSR count). The molecule has 0 saturated carbocycles. The number of hydrogen-bond donors (Lipinski definition) is 3. The maximum absolute atomic E-state index is 12.9. The van der Waals surface area contributed by atoms with Gasteiger partial charge in [-0.1, -0.05) is 12.1 Å². The fraction of sp³-hybridized carbons (Fsp3) is 0.533. The van der Waals surface area contributed by atoms with Crippen LogP contribution in [0.2, 0.25) is 0 Å². The Morgan fingerprint density at radius 1 is 1.29 bits per heavy atom. The third kappa shape index (κ3) is 3.23. The molecule has 0 radical (unpaired) electrons. The molecule has 3 unspecified atom stereocenters. The van der Waals surface area contributed by atoms with E-state index < -0.39 is 0 Å². The van der Waals surface area contributed by atoms with Crippen molar-refractivity contribution in [2.75, 3.05) is 13.1 Å². The van der Waals surface area contributed by atoms with Gasteiger partial charge in [0.1, 0.15) is 11.9 Å². The molecule has 0 spiro atoms. The molecule has 0 aromatic heterocycles. The molecule has 0 aliphatic carbocycles. The number of nitrogens with zero attached hydrogens (tertiary/aromatic N) is 1. The lowest BCUT2D eigenvalue weighted by Gasteiger charge is -2.32. The minimum absolute atomic E-state index is 0.0259. The van der Waals surface area contributed by atoms with Gasteiger partial charge in [0, 0.05) is 25.2 Å². The quantitative estimate of drug-likeness (QED) is 0.750. The largest absolute Gasteiger partial charge is 0.340 e. The van der Waals surface area contributed by atoms with E-state index >= 15 is 0 Å². The van der Waals surface area contributed by atoms with Gasteiger partial charge >= 0.3 is 0 Å². The van der Waals surface area contributed by atoms with Crippen LogP contribution in [-0.4, -0.2) is 36.0 Å². The molecule has 0 bridgehead atoms. The van der Waals surface area contributed by atoms with Gasteiger partial charge in [0.15, 0.2) is 0 Å². The highest BCUT2D eigenvalue weighted by Crippen LogP contribution is 2.24. The van der Waals surface area contributed by atoms with Crippen LogP contribution >= 0.6 is 0 Å². The molecule has 5 nitrogen and oxygen atoms in total. The summed E-state index contributed by atoms with van der Waals surface area (Å²) in [5, 5.41) is 0. The Balaban J connectivity index is 1.61. The first kappa shape index (κ1) is 14.4. The van der Waals surface area contributed by atoms with Gasteiger partial charge in [0.05, 0.1) is 0 Å². The number of likely N-dealkylation sites (tertiary alicyclic amines) is 1. The SMILES string of the molecule is NC1CCCN(C(=O)C2CC(c3ccc(F)cc3)NN2)C1. The second-order valence-electron chi connectivity index (χ2n) is 5.87. The van der Waals surface area contributed by atoms with E-state index in [9.17, 15) is 9.18 Å². The van der Waals surface area contributed by atoms with Crippen molar-refractivity contribution < 1.29 is 9.18 Å². The zero-order chi connectivity index (χ0) is 14.8. The monoisotopic (exact) mass is 292 g/mol. The van der Waals surface area contributed by atoms with Crippen LogP contribution in [0, 0.1) is 5.82 Å². The molecular weight excluding hydrogens is 271 g/mol. The van der Waals surface area contributed by atoms with Gasteiger partial charge in [-0.2, -0.15) is 0 Å². The Bertz CT molecular complexity index is 507. The number of amides is 1. The predicted molar refractivity (Wildman–Crippen MR) is 77.6 cm³/mol. The van der Waals surface area contributed by atoms with Crippen molar-refractivity contribution in [3.63, 3.8) is 0 Å². The number of nitrogens with two attached hydrogens (primary N) is 1. The van der Waals surface area contributed by atoms with E-state index in [1.807, 2.05) is 4.90 Å². The maximum Gasteiger partial charge on any atom is 0.241 e. The van der Waals surface area contributed by atoms with Crippen LogP contribution in [0.3, 0.4) is 0 Å². The summed E-state index contributed by atoms with van der Waals surface area (Å²) in [6.45, 7) is 1.42. The molecule has 114 valence electrons. The molecule has 2 fully saturated rings. The average molecular weight is 292 g/mol. The highest BCUT2D eigenvalue weighted by Gasteiger charge is 2.34. The van der Waals surface area contributed by atoms with Crippen LogP contribution in [0.1, 0.15) is 30.9 Å². The van der Waals surface area contributed by atoms with E-state index in [1.165, 1.54) is 12.1 Å². The molecule has 1 aromatic rings. The lowest BCUT2D eigenvalue weighted by Crippen LogP contribution is -2.51. The molecule has 2 aliphatic heterocycles. The molecule has 6 heteroatoms. The van der Waals surface area contributed by atoms with Crippen LogP contribution in [0.25, 0.3) is 0 Å². The molecule has 21 heavy (non-hydrogen) atoms. The molecule has 1 aromatic carbocycles. The molecule has 2 aliphatic rings. The summed E-state index contributed by atoms with van der Waals surface area (Å²) in [7, 11) is 0. The maximum atomic E-state index is 12.9. The van der Waals surface area contributed by atoms with Crippen molar-refractivity contribution in [1.82, 2.24) is 15.8 Å². The first-order chi connectivity index (χ1) is 10.1. The van der Waals surface area contributed by atoms with E-state index in [4.69, 9.17) is 5.73 Å². The molecule has 3 atom stereocenters. The number of benzene rings is 1. The normalized spacial score (nSPS) is 29.6. The van der Waals surface area contributed by atoms with E-state index in [0.29, 0.717) is 13.0 Å². The number of carbonyl (C=O) groups is 1. The van der Waals surface area contributed by atoms with Gasteiger partial charge in [-0.3, -0.25) is 4.79 Å². The minimum atomic E-state index is -0.250. The van der Waals surface area contributed by atoms with Crippen molar-refractivity contribution >= 4 is 5.91 Å². The fourth-order valence-electron chi connectivity index (χ4n) is 3.06. The van der Waals surface area contributed by atoms with Crippen LogP contribution in [-0.2, 0) is 4.79 Å². The second kappa shape index (κ2) is 6.09. The standard InChI is InChI=1S/C15H21FN4O/c16-11-5-3-10(4-6-11)13-8-14(19-18-13)15(21)20-7-1-2-12(17)9-20/h3-6,12-14,18-19H,1-2,7-9,17H2. The Kier molecular flexibility index (Phi) is 4.19. The van der Waals surface area contributed by atoms with Gasteiger partial charge in [-0.05, 0) is 37.0 Å². The molecule has 4 N–H and O–H groups in total. The molecule has 1 amide bonds. The van der Waals surface area contributed by atoms with Crippen LogP contribution in [0.4, 0.5) is 4.39 Å². The number of hydrazine groups is 1. The summed E-state index contributed by atoms with van der Waals surface area (Å²) in [5.74, 6) is -0.151. The predicted octanol–water partition coefficient (Wildman–Crippen LogP) is 0.683. The van der Waals surface area contributed by atoms with Gasteiger partial charge in [-0.15, -0.1) is 0 Å². The van der Waals surface area contributed by atoms with Crippen molar-refractivity contribution in [3.05, 3.63) is 35.6 Å². The number of rotatable bonds is 2. The highest BCUT2D eigenvalue weighted by molar-refractivity contribution is 5.82. The lowest BCUT2D eigenvalue weighted by molar-refractivity contribution is -0.134. The average Bonchev–Trinajstić information content (AvgIpc) is 2.97. The lowest BCUT2D eigenvalue weighted by atomic mass is 10.00. The first-order valence-electron chi connectivity index (χ1n) is 7.44. The molecular formula is C15H21FN4O. The van der Waals surface area contributed by atoms with Crippen LogP contribution < -0.4 is 16.6 Å². The van der Waals surface area contributed by atoms with E-state index in [1.54, 1.807) is 12.1 Å². The Morgan fingerprint density at radius 2 is 2.05 bits per heavy atom. The number of nitrogens with one attached hydrogen (secondary N) is 2. The molecule has 2 saturated heterocycles. The second-order valence-corrected chi connectivity index (χ2v) is 5.87. The fourth-order valence-corrected chi connectivity index (χ4v) is 3.06. The first-order valence-corrected chi connectivity index (χ1v) is 7.44. The van der Waals surface area contributed by atoms with Crippen molar-refractivity contribution in [2.45, 2.75) is 37.4 Å². The number of piperidine rings is 1. The third-order valence-corrected chi connectivity index (χ3v) is 4.24. The van der Waals surface area contributed by atoms with Gasteiger partial charge in [0.2, 0.25) is 5.91 Å². The van der Waals surface area contributed by atoms with Crippen molar-refractivity contribution in [3.8, 4) is 0 Å². The Hall–Kier alpha value is -1.50. The van der Waals surface area contributed by atoms with Crippen molar-refractivity contribution in [2.24, 2.45) is 5.73 Å². The summed E-state index contributed by atoms with van der Waals surface area (Å²) in [4.78, 5) is 14.3. The number of hydrogen-bond acceptors (Lipinski definition) is 4. The van der Waals surface area contributed by atoms with Crippen LogP contribution in [0.15, 0.2) is 24.3 Å². The summed E-state index contributed by atoms with van der Waals surface area (Å²) >= 11 is 0. The topological polar surface area (TPSA) is 70.4 Å². The van der Waals surface area contributed by atoms with E-state index in [-0.39, 0.29) is 29.8 Å².